The lowest BCUT2D eigenvalue weighted by Gasteiger charge is -2.31. The van der Waals surface area contributed by atoms with Crippen LogP contribution in [0.3, 0.4) is 0 Å². The van der Waals surface area contributed by atoms with Crippen LogP contribution >= 0.6 is 11.3 Å². The van der Waals surface area contributed by atoms with Crippen LogP contribution < -0.4 is 4.90 Å². The van der Waals surface area contributed by atoms with Gasteiger partial charge in [0, 0.05) is 47.9 Å². The summed E-state index contributed by atoms with van der Waals surface area (Å²) >= 11 is 1.86. The van der Waals surface area contributed by atoms with E-state index < -0.39 is 0 Å². The number of nitrogens with zero attached hydrogens (tertiary/aromatic N) is 2. The Hall–Kier alpha value is -7.98. The first-order valence-electron chi connectivity index (χ1n) is 21.5. The van der Waals surface area contributed by atoms with Crippen molar-refractivity contribution in [1.82, 2.24) is 4.57 Å². The summed E-state index contributed by atoms with van der Waals surface area (Å²) in [6.07, 6.45) is 0. The molecule has 0 aliphatic heterocycles. The summed E-state index contributed by atoms with van der Waals surface area (Å²) in [6.45, 7) is 0. The summed E-state index contributed by atoms with van der Waals surface area (Å²) in [7, 11) is 0. The van der Waals surface area contributed by atoms with Crippen LogP contribution in [0.15, 0.2) is 243 Å². The molecule has 2 aromatic heterocycles. The quantitative estimate of drug-likeness (QED) is 0.148. The minimum atomic E-state index is 1.09. The van der Waals surface area contributed by atoms with E-state index in [4.69, 9.17) is 0 Å². The van der Waals surface area contributed by atoms with Crippen LogP contribution in [0.1, 0.15) is 0 Å². The van der Waals surface area contributed by atoms with Crippen LogP contribution in [0.5, 0.6) is 0 Å². The van der Waals surface area contributed by atoms with Crippen molar-refractivity contribution < 1.29 is 0 Å². The van der Waals surface area contributed by atoms with Gasteiger partial charge in [0.1, 0.15) is 0 Å². The molecule has 0 unspecified atom stereocenters. The molecule has 0 fully saturated rings. The zero-order chi connectivity index (χ0) is 41.7. The second-order valence-corrected chi connectivity index (χ2v) is 17.1. The Morgan fingerprint density at radius 1 is 0.333 bits per heavy atom. The molecule has 0 aliphatic carbocycles. The molecule has 0 N–H and O–H groups in total. The van der Waals surface area contributed by atoms with E-state index in [1.165, 1.54) is 80.9 Å². The molecule has 0 aliphatic rings. The predicted octanol–water partition coefficient (Wildman–Crippen LogP) is 17.3. The minimum absolute atomic E-state index is 1.09. The van der Waals surface area contributed by atoms with Crippen molar-refractivity contribution in [2.45, 2.75) is 0 Å². The van der Waals surface area contributed by atoms with Crippen LogP contribution in [0.4, 0.5) is 17.1 Å². The Morgan fingerprint density at radius 3 is 1.70 bits per heavy atom. The second-order valence-electron chi connectivity index (χ2n) is 16.0. The minimum Gasteiger partial charge on any atom is -0.309 e. The van der Waals surface area contributed by atoms with Gasteiger partial charge in [0.15, 0.2) is 0 Å². The van der Waals surface area contributed by atoms with E-state index in [0.717, 1.165) is 28.3 Å². The molecule has 0 amide bonds. The number of hydrogen-bond donors (Lipinski definition) is 0. The van der Waals surface area contributed by atoms with Crippen LogP contribution in [-0.2, 0) is 0 Å². The molecule has 2 heterocycles. The number of rotatable bonds is 8. The molecule has 63 heavy (non-hydrogen) atoms. The van der Waals surface area contributed by atoms with E-state index in [1.807, 2.05) is 11.3 Å². The summed E-state index contributed by atoms with van der Waals surface area (Å²) in [5.41, 5.74) is 16.3. The number of aromatic nitrogens is 1. The molecule has 296 valence electrons. The lowest BCUT2D eigenvalue weighted by Crippen LogP contribution is -2.12. The standard InChI is InChI=1S/C60H40N2S/c1-4-19-41(20-5-1)47-27-10-11-29-50(47)59-48(42-21-6-2-7-22-42)31-17-33-55(59)62(56-34-18-36-58-60(56)51-30-13-15-35-57(51)63-58)46-26-16-23-43(39-46)44-37-38-54-52(40-44)49-28-12-14-32-53(49)61(54)45-24-8-3-9-25-45/h1-40H. The van der Waals surface area contributed by atoms with Crippen molar-refractivity contribution in [3.05, 3.63) is 243 Å². The van der Waals surface area contributed by atoms with Gasteiger partial charge in [-0.25, -0.2) is 0 Å². The normalized spacial score (nSPS) is 11.5. The average Bonchev–Trinajstić information content (AvgIpc) is 3.91. The summed E-state index contributed by atoms with van der Waals surface area (Å²) < 4.78 is 4.93. The Morgan fingerprint density at radius 2 is 0.889 bits per heavy atom. The predicted molar refractivity (Wildman–Crippen MR) is 270 cm³/mol. The molecule has 0 radical (unpaired) electrons. The van der Waals surface area contributed by atoms with Crippen molar-refractivity contribution in [3.8, 4) is 50.2 Å². The number of para-hydroxylation sites is 2. The third-order valence-corrected chi connectivity index (χ3v) is 13.5. The van der Waals surface area contributed by atoms with Gasteiger partial charge in [0.25, 0.3) is 0 Å². The van der Waals surface area contributed by atoms with Gasteiger partial charge in [-0.2, -0.15) is 0 Å². The van der Waals surface area contributed by atoms with Gasteiger partial charge in [-0.15, -0.1) is 11.3 Å². The zero-order valence-electron chi connectivity index (χ0n) is 34.4. The Bertz CT molecular complexity index is 3620. The zero-order valence-corrected chi connectivity index (χ0v) is 35.2. The monoisotopic (exact) mass is 820 g/mol. The summed E-state index contributed by atoms with van der Waals surface area (Å²) in [4.78, 5) is 2.52. The fourth-order valence-corrected chi connectivity index (χ4v) is 10.7. The highest BCUT2D eigenvalue weighted by Gasteiger charge is 2.25. The first kappa shape index (κ1) is 36.8. The molecule has 0 bridgehead atoms. The van der Waals surface area contributed by atoms with Gasteiger partial charge in [0.05, 0.1) is 22.4 Å². The maximum atomic E-state index is 2.52. The lowest BCUT2D eigenvalue weighted by molar-refractivity contribution is 1.18. The van der Waals surface area contributed by atoms with Gasteiger partial charge in [-0.3, -0.25) is 0 Å². The van der Waals surface area contributed by atoms with Gasteiger partial charge < -0.3 is 9.47 Å². The molecule has 12 rings (SSSR count). The SMILES string of the molecule is c1ccc(-c2ccccc2-c2c(-c3ccccc3)cccc2N(c2cccc(-c3ccc4c(c3)c3ccccc3n4-c3ccccc3)c2)c2cccc3sc4ccccc4c23)cc1. The summed E-state index contributed by atoms with van der Waals surface area (Å²) in [6, 6.07) is 88.5. The van der Waals surface area contributed by atoms with E-state index in [9.17, 15) is 0 Å². The highest BCUT2D eigenvalue weighted by molar-refractivity contribution is 7.26. The number of thiophene rings is 1. The molecule has 0 atom stereocenters. The molecule has 12 aromatic rings. The Labute approximate surface area is 370 Å². The highest BCUT2D eigenvalue weighted by atomic mass is 32.1. The summed E-state index contributed by atoms with van der Waals surface area (Å²) in [5.74, 6) is 0. The molecular weight excluding hydrogens is 781 g/mol. The highest BCUT2D eigenvalue weighted by Crippen LogP contribution is 2.51. The smallest absolute Gasteiger partial charge is 0.0555 e. The fraction of sp³-hybridized carbons (Fsp3) is 0. The van der Waals surface area contributed by atoms with Crippen LogP contribution in [0, 0.1) is 0 Å². The van der Waals surface area contributed by atoms with E-state index in [-0.39, 0.29) is 0 Å². The van der Waals surface area contributed by atoms with E-state index in [1.54, 1.807) is 0 Å². The van der Waals surface area contributed by atoms with Crippen molar-refractivity contribution in [2.75, 3.05) is 4.90 Å². The van der Waals surface area contributed by atoms with Gasteiger partial charge in [-0.05, 0) is 106 Å². The lowest BCUT2D eigenvalue weighted by atomic mass is 9.87. The van der Waals surface area contributed by atoms with Crippen LogP contribution in [-0.4, -0.2) is 4.57 Å². The molecule has 2 nitrogen and oxygen atoms in total. The van der Waals surface area contributed by atoms with Crippen molar-refractivity contribution >= 4 is 70.4 Å². The van der Waals surface area contributed by atoms with E-state index in [0.29, 0.717) is 0 Å². The fourth-order valence-electron chi connectivity index (χ4n) is 9.62. The van der Waals surface area contributed by atoms with Crippen molar-refractivity contribution in [3.63, 3.8) is 0 Å². The topological polar surface area (TPSA) is 8.17 Å². The van der Waals surface area contributed by atoms with Gasteiger partial charge >= 0.3 is 0 Å². The third kappa shape index (κ3) is 6.33. The van der Waals surface area contributed by atoms with Crippen LogP contribution in [0.2, 0.25) is 0 Å². The molecule has 0 spiro atoms. The number of benzene rings is 10. The maximum absolute atomic E-state index is 2.52. The summed E-state index contributed by atoms with van der Waals surface area (Å²) in [5, 5.41) is 5.00. The molecular formula is C60H40N2S. The van der Waals surface area contributed by atoms with Crippen LogP contribution in [0.25, 0.3) is 92.2 Å². The Balaban J connectivity index is 1.13. The van der Waals surface area contributed by atoms with Crippen molar-refractivity contribution in [2.24, 2.45) is 0 Å². The first-order chi connectivity index (χ1) is 31.3. The van der Waals surface area contributed by atoms with Gasteiger partial charge in [0.2, 0.25) is 0 Å². The molecule has 0 saturated carbocycles. The van der Waals surface area contributed by atoms with Gasteiger partial charge in [-0.1, -0.05) is 176 Å². The Kier molecular flexibility index (Phi) is 9.06. The first-order valence-corrected chi connectivity index (χ1v) is 22.3. The second kappa shape index (κ2) is 15.5. The molecule has 10 aromatic carbocycles. The number of fused-ring (bicyclic) bond motifs is 6. The third-order valence-electron chi connectivity index (χ3n) is 12.4. The molecule has 0 saturated heterocycles. The number of hydrogen-bond acceptors (Lipinski definition) is 2. The largest absolute Gasteiger partial charge is 0.309 e. The van der Waals surface area contributed by atoms with E-state index >= 15 is 0 Å². The molecule has 3 heteroatoms. The van der Waals surface area contributed by atoms with Crippen molar-refractivity contribution in [1.29, 1.82) is 0 Å². The maximum Gasteiger partial charge on any atom is 0.0555 e. The number of anilines is 3. The average molecular weight is 821 g/mol. The van der Waals surface area contributed by atoms with E-state index in [2.05, 4.69) is 252 Å².